The second-order valence-corrected chi connectivity index (χ2v) is 3.36. The highest BCUT2D eigenvalue weighted by molar-refractivity contribution is 5.76. The van der Waals surface area contributed by atoms with E-state index in [0.717, 1.165) is 0 Å². The van der Waals surface area contributed by atoms with Crippen LogP contribution in [-0.2, 0) is 0 Å². The molecule has 0 atom stereocenters. The van der Waals surface area contributed by atoms with Gasteiger partial charge in [0.2, 0.25) is 0 Å². The number of hydrogen-bond donors (Lipinski definition) is 2. The number of phenols is 2. The van der Waals surface area contributed by atoms with E-state index in [4.69, 9.17) is 5.26 Å². The molecule has 0 aliphatic rings. The SMILES string of the molecule is N#Cc1ccc(O)c(-c2ccccc2O)c1. The average molecular weight is 211 g/mol. The van der Waals surface area contributed by atoms with Crippen molar-refractivity contribution < 1.29 is 10.2 Å². The van der Waals surface area contributed by atoms with E-state index in [9.17, 15) is 10.2 Å². The number of phenolic OH excluding ortho intramolecular Hbond substituents is 2. The van der Waals surface area contributed by atoms with Gasteiger partial charge in [-0.2, -0.15) is 5.26 Å². The van der Waals surface area contributed by atoms with Gasteiger partial charge in [0.15, 0.2) is 0 Å². The van der Waals surface area contributed by atoms with Crippen LogP contribution < -0.4 is 0 Å². The standard InChI is InChI=1S/C13H9NO2/c14-8-9-5-6-13(16)11(7-9)10-3-1-2-4-12(10)15/h1-7,15-16H. The Bertz CT molecular complexity index is 570. The van der Waals surface area contributed by atoms with Gasteiger partial charge in [-0.1, -0.05) is 18.2 Å². The maximum atomic E-state index is 9.69. The molecule has 0 saturated carbocycles. The molecule has 2 N–H and O–H groups in total. The van der Waals surface area contributed by atoms with Crippen molar-refractivity contribution in [2.24, 2.45) is 0 Å². The summed E-state index contributed by atoms with van der Waals surface area (Å²) in [5.41, 5.74) is 1.41. The van der Waals surface area contributed by atoms with Gasteiger partial charge in [-0.3, -0.25) is 0 Å². The Morgan fingerprint density at radius 1 is 0.875 bits per heavy atom. The average Bonchev–Trinajstić information content (AvgIpc) is 2.31. The predicted molar refractivity (Wildman–Crippen MR) is 59.9 cm³/mol. The Kier molecular flexibility index (Phi) is 2.49. The first kappa shape index (κ1) is 10.1. The van der Waals surface area contributed by atoms with Crippen LogP contribution in [0.5, 0.6) is 11.5 Å². The van der Waals surface area contributed by atoms with Crippen molar-refractivity contribution in [2.45, 2.75) is 0 Å². The minimum atomic E-state index is 0.0421. The van der Waals surface area contributed by atoms with E-state index in [1.165, 1.54) is 18.2 Å². The molecule has 3 heteroatoms. The number of nitrogens with zero attached hydrogens (tertiary/aromatic N) is 1. The number of nitriles is 1. The van der Waals surface area contributed by atoms with Crippen molar-refractivity contribution >= 4 is 0 Å². The number of hydrogen-bond acceptors (Lipinski definition) is 3. The van der Waals surface area contributed by atoms with Crippen molar-refractivity contribution in [1.82, 2.24) is 0 Å². The fourth-order valence-corrected chi connectivity index (χ4v) is 1.52. The highest BCUT2D eigenvalue weighted by Crippen LogP contribution is 2.35. The summed E-state index contributed by atoms with van der Waals surface area (Å²) >= 11 is 0. The summed E-state index contributed by atoms with van der Waals surface area (Å²) in [6.45, 7) is 0. The quantitative estimate of drug-likeness (QED) is 0.762. The molecule has 2 aromatic rings. The molecule has 0 bridgehead atoms. The van der Waals surface area contributed by atoms with Crippen LogP contribution >= 0.6 is 0 Å². The zero-order chi connectivity index (χ0) is 11.5. The lowest BCUT2D eigenvalue weighted by Gasteiger charge is -2.06. The topological polar surface area (TPSA) is 64.2 Å². The lowest BCUT2D eigenvalue weighted by atomic mass is 10.0. The highest BCUT2D eigenvalue weighted by atomic mass is 16.3. The van der Waals surface area contributed by atoms with E-state index in [1.54, 1.807) is 24.3 Å². The van der Waals surface area contributed by atoms with E-state index < -0.39 is 0 Å². The largest absolute Gasteiger partial charge is 0.507 e. The van der Waals surface area contributed by atoms with Crippen LogP contribution in [0.25, 0.3) is 11.1 Å². The van der Waals surface area contributed by atoms with Crippen molar-refractivity contribution in [3.05, 3.63) is 48.0 Å². The molecule has 0 unspecified atom stereocenters. The summed E-state index contributed by atoms with van der Waals surface area (Å²) < 4.78 is 0. The van der Waals surface area contributed by atoms with Crippen molar-refractivity contribution in [1.29, 1.82) is 5.26 Å². The molecule has 2 aromatic carbocycles. The molecule has 3 nitrogen and oxygen atoms in total. The smallest absolute Gasteiger partial charge is 0.123 e. The Morgan fingerprint density at radius 3 is 2.25 bits per heavy atom. The molecular weight excluding hydrogens is 202 g/mol. The lowest BCUT2D eigenvalue weighted by molar-refractivity contribution is 0.469. The number of para-hydroxylation sites is 1. The molecule has 0 heterocycles. The third-order valence-electron chi connectivity index (χ3n) is 2.32. The van der Waals surface area contributed by atoms with Crippen LogP contribution in [0.3, 0.4) is 0 Å². The molecule has 16 heavy (non-hydrogen) atoms. The molecule has 0 saturated heterocycles. The molecule has 0 aromatic heterocycles. The van der Waals surface area contributed by atoms with E-state index in [2.05, 4.69) is 0 Å². The summed E-state index contributed by atoms with van der Waals surface area (Å²) in [4.78, 5) is 0. The number of aromatic hydroxyl groups is 2. The molecular formula is C13H9NO2. The highest BCUT2D eigenvalue weighted by Gasteiger charge is 2.08. The van der Waals surface area contributed by atoms with E-state index in [-0.39, 0.29) is 11.5 Å². The first-order chi connectivity index (χ1) is 7.72. The molecule has 78 valence electrons. The molecule has 0 radical (unpaired) electrons. The van der Waals surface area contributed by atoms with Crippen molar-refractivity contribution in [3.63, 3.8) is 0 Å². The van der Waals surface area contributed by atoms with E-state index in [0.29, 0.717) is 16.7 Å². The lowest BCUT2D eigenvalue weighted by Crippen LogP contribution is -1.82. The minimum absolute atomic E-state index is 0.0421. The Hall–Kier alpha value is -2.47. The molecule has 0 amide bonds. The van der Waals surface area contributed by atoms with Gasteiger partial charge in [0, 0.05) is 11.1 Å². The van der Waals surface area contributed by atoms with Gasteiger partial charge in [-0.05, 0) is 24.3 Å². The molecule has 0 aliphatic heterocycles. The third kappa shape index (κ3) is 1.69. The second-order valence-electron chi connectivity index (χ2n) is 3.36. The summed E-state index contributed by atoms with van der Waals surface area (Å²) in [7, 11) is 0. The molecule has 0 spiro atoms. The number of benzene rings is 2. The zero-order valence-electron chi connectivity index (χ0n) is 8.38. The van der Waals surface area contributed by atoms with Gasteiger partial charge < -0.3 is 10.2 Å². The zero-order valence-corrected chi connectivity index (χ0v) is 8.38. The molecule has 0 fully saturated rings. The maximum Gasteiger partial charge on any atom is 0.123 e. The monoisotopic (exact) mass is 211 g/mol. The summed E-state index contributed by atoms with van der Waals surface area (Å²) in [6, 6.07) is 13.2. The van der Waals surface area contributed by atoms with Crippen LogP contribution in [0.4, 0.5) is 0 Å². The van der Waals surface area contributed by atoms with Gasteiger partial charge in [-0.15, -0.1) is 0 Å². The van der Waals surface area contributed by atoms with Crippen LogP contribution in [-0.4, -0.2) is 10.2 Å². The van der Waals surface area contributed by atoms with Crippen LogP contribution in [0.2, 0.25) is 0 Å². The van der Waals surface area contributed by atoms with E-state index in [1.807, 2.05) is 6.07 Å². The van der Waals surface area contributed by atoms with E-state index >= 15 is 0 Å². The van der Waals surface area contributed by atoms with Crippen LogP contribution in [0.1, 0.15) is 5.56 Å². The third-order valence-corrected chi connectivity index (χ3v) is 2.32. The van der Waals surface area contributed by atoms with Gasteiger partial charge in [0.25, 0.3) is 0 Å². The predicted octanol–water partition coefficient (Wildman–Crippen LogP) is 2.64. The second kappa shape index (κ2) is 3.95. The normalized spacial score (nSPS) is 9.69. The Labute approximate surface area is 92.8 Å². The van der Waals surface area contributed by atoms with Gasteiger partial charge >= 0.3 is 0 Å². The maximum absolute atomic E-state index is 9.69. The van der Waals surface area contributed by atoms with Crippen molar-refractivity contribution in [2.75, 3.05) is 0 Å². The summed E-state index contributed by atoms with van der Waals surface area (Å²) in [6.07, 6.45) is 0. The fourth-order valence-electron chi connectivity index (χ4n) is 1.52. The fraction of sp³-hybridized carbons (Fsp3) is 0. The first-order valence-corrected chi connectivity index (χ1v) is 4.74. The Balaban J connectivity index is 2.65. The minimum Gasteiger partial charge on any atom is -0.507 e. The van der Waals surface area contributed by atoms with Gasteiger partial charge in [-0.25, -0.2) is 0 Å². The Morgan fingerprint density at radius 2 is 1.56 bits per heavy atom. The van der Waals surface area contributed by atoms with Crippen LogP contribution in [0.15, 0.2) is 42.5 Å². The summed E-state index contributed by atoms with van der Waals surface area (Å²) in [5, 5.41) is 28.1. The number of rotatable bonds is 1. The summed E-state index contributed by atoms with van der Waals surface area (Å²) in [5.74, 6) is 0.119. The molecule has 2 rings (SSSR count). The van der Waals surface area contributed by atoms with Gasteiger partial charge in [0.05, 0.1) is 11.6 Å². The van der Waals surface area contributed by atoms with Gasteiger partial charge in [0.1, 0.15) is 11.5 Å². The van der Waals surface area contributed by atoms with Crippen molar-refractivity contribution in [3.8, 4) is 28.7 Å². The molecule has 0 aliphatic carbocycles. The van der Waals surface area contributed by atoms with Crippen LogP contribution in [0, 0.1) is 11.3 Å². The first-order valence-electron chi connectivity index (χ1n) is 4.74.